The molecule has 2 aromatic carbocycles. The number of benzene rings is 2. The summed E-state index contributed by atoms with van der Waals surface area (Å²) in [6.45, 7) is 2.07. The number of hydrogen-bond acceptors (Lipinski definition) is 4. The fourth-order valence-electron chi connectivity index (χ4n) is 2.82. The minimum absolute atomic E-state index is 0.533. The maximum absolute atomic E-state index is 5.97. The fraction of sp³-hybridized carbons (Fsp3) is 0.150. The summed E-state index contributed by atoms with van der Waals surface area (Å²) in [6.07, 6.45) is 1.53. The molecule has 0 unspecified atom stereocenters. The molecule has 0 saturated carbocycles. The van der Waals surface area contributed by atoms with Gasteiger partial charge in [-0.2, -0.15) is 0 Å². The van der Waals surface area contributed by atoms with Crippen molar-refractivity contribution in [1.82, 2.24) is 14.9 Å². The van der Waals surface area contributed by atoms with Gasteiger partial charge in [0.25, 0.3) is 0 Å². The number of aromatic nitrogens is 2. The summed E-state index contributed by atoms with van der Waals surface area (Å²) < 4.78 is 5.97. The molecule has 2 aromatic heterocycles. The van der Waals surface area contributed by atoms with Crippen LogP contribution in [0, 0.1) is 6.92 Å². The molecule has 4 aromatic rings. The third-order valence-electron chi connectivity index (χ3n) is 4.08. The Bertz CT molecular complexity index is 1080. The number of fused-ring (bicyclic) bond motifs is 3. The summed E-state index contributed by atoms with van der Waals surface area (Å²) in [5.41, 5.74) is 4.42. The molecule has 0 fully saturated rings. The van der Waals surface area contributed by atoms with E-state index in [4.69, 9.17) is 9.41 Å². The molecular weight excluding hydrogens is 312 g/mol. The minimum Gasteiger partial charge on any atom is -0.450 e. The lowest BCUT2D eigenvalue weighted by molar-refractivity contribution is 0.622. The molecule has 25 heavy (non-hydrogen) atoms. The van der Waals surface area contributed by atoms with Crippen LogP contribution in [0.4, 0.5) is 5.82 Å². The van der Waals surface area contributed by atoms with E-state index >= 15 is 0 Å². The molecule has 124 valence electrons. The van der Waals surface area contributed by atoms with Crippen LogP contribution in [0.25, 0.3) is 22.1 Å². The molecule has 0 atom stereocenters. The highest BCUT2D eigenvalue weighted by molar-refractivity contribution is 6.07. The molecule has 0 aliphatic rings. The van der Waals surface area contributed by atoms with E-state index in [1.165, 1.54) is 11.9 Å². The van der Waals surface area contributed by atoms with Crippen molar-refractivity contribution in [3.8, 4) is 0 Å². The lowest BCUT2D eigenvalue weighted by atomic mass is 10.1. The maximum atomic E-state index is 5.97. The number of aliphatic imine (C=N–C) groups is 1. The Labute approximate surface area is 145 Å². The third-order valence-corrected chi connectivity index (χ3v) is 4.08. The quantitative estimate of drug-likeness (QED) is 0.406. The van der Waals surface area contributed by atoms with Crippen LogP contribution in [-0.2, 0) is 0 Å². The molecular formula is C20H18N4O. The lowest BCUT2D eigenvalue weighted by Crippen LogP contribution is -2.22. The highest BCUT2D eigenvalue weighted by atomic mass is 16.3. The summed E-state index contributed by atoms with van der Waals surface area (Å²) in [5.74, 6) is 1.35. The number of amidine groups is 1. The summed E-state index contributed by atoms with van der Waals surface area (Å²) in [7, 11) is 3.94. The first-order chi connectivity index (χ1) is 12.1. The number of aryl methyl sites for hydroxylation is 1. The Morgan fingerprint density at radius 2 is 1.76 bits per heavy atom. The van der Waals surface area contributed by atoms with Crippen molar-refractivity contribution in [3.63, 3.8) is 0 Å². The average molecular weight is 330 g/mol. The Balaban J connectivity index is 1.92. The highest BCUT2D eigenvalue weighted by Crippen LogP contribution is 2.32. The Kier molecular flexibility index (Phi) is 3.69. The van der Waals surface area contributed by atoms with Crippen LogP contribution >= 0.6 is 0 Å². The summed E-state index contributed by atoms with van der Waals surface area (Å²) >= 11 is 0. The van der Waals surface area contributed by atoms with Crippen LogP contribution in [0.15, 0.2) is 64.3 Å². The average Bonchev–Trinajstić information content (AvgIpc) is 3.00. The van der Waals surface area contributed by atoms with E-state index in [1.54, 1.807) is 0 Å². The standard InChI is InChI=1S/C20H18N4O/c1-13-8-10-14(11-9-13)20(24(2)3)23-19-18-17(21-12-22-19)15-6-4-5-7-16(15)25-18/h4-12H,1-3H3. The molecule has 5 heteroatoms. The molecule has 0 N–H and O–H groups in total. The minimum atomic E-state index is 0.533. The second-order valence-corrected chi connectivity index (χ2v) is 6.17. The van der Waals surface area contributed by atoms with Crippen LogP contribution in [0.2, 0.25) is 0 Å². The van der Waals surface area contributed by atoms with E-state index in [2.05, 4.69) is 41.2 Å². The first kappa shape index (κ1) is 15.3. The van der Waals surface area contributed by atoms with E-state index in [-0.39, 0.29) is 0 Å². The molecule has 4 rings (SSSR count). The van der Waals surface area contributed by atoms with E-state index < -0.39 is 0 Å². The summed E-state index contributed by atoms with van der Waals surface area (Å²) in [5, 5.41) is 0.970. The van der Waals surface area contributed by atoms with Gasteiger partial charge in [-0.15, -0.1) is 0 Å². The van der Waals surface area contributed by atoms with E-state index in [1.807, 2.05) is 43.3 Å². The van der Waals surface area contributed by atoms with Crippen molar-refractivity contribution < 1.29 is 4.42 Å². The van der Waals surface area contributed by atoms with Crippen molar-refractivity contribution in [2.24, 2.45) is 4.99 Å². The van der Waals surface area contributed by atoms with Crippen molar-refractivity contribution in [1.29, 1.82) is 0 Å². The molecule has 2 heterocycles. The van der Waals surface area contributed by atoms with Gasteiger partial charge in [-0.3, -0.25) is 0 Å². The van der Waals surface area contributed by atoms with Gasteiger partial charge in [-0.05, 0) is 19.1 Å². The molecule has 0 saturated heterocycles. The third kappa shape index (κ3) is 2.74. The topological polar surface area (TPSA) is 54.5 Å². The Hall–Kier alpha value is -3.21. The van der Waals surface area contributed by atoms with E-state index in [0.29, 0.717) is 11.4 Å². The van der Waals surface area contributed by atoms with Gasteiger partial charge in [0.15, 0.2) is 5.58 Å². The number of para-hydroxylation sites is 1. The van der Waals surface area contributed by atoms with Gasteiger partial charge in [-0.1, -0.05) is 42.0 Å². The molecule has 0 radical (unpaired) electrons. The van der Waals surface area contributed by atoms with Gasteiger partial charge in [0.2, 0.25) is 5.82 Å². The van der Waals surface area contributed by atoms with Gasteiger partial charge < -0.3 is 9.32 Å². The number of furan rings is 1. The second-order valence-electron chi connectivity index (χ2n) is 6.17. The van der Waals surface area contributed by atoms with Gasteiger partial charge in [-0.25, -0.2) is 15.0 Å². The van der Waals surface area contributed by atoms with Crippen LogP contribution in [0.1, 0.15) is 11.1 Å². The smallest absolute Gasteiger partial charge is 0.201 e. The van der Waals surface area contributed by atoms with Crippen LogP contribution in [-0.4, -0.2) is 34.8 Å². The highest BCUT2D eigenvalue weighted by Gasteiger charge is 2.14. The zero-order valence-corrected chi connectivity index (χ0v) is 14.4. The van der Waals surface area contributed by atoms with Crippen molar-refractivity contribution in [2.75, 3.05) is 14.1 Å². The number of hydrogen-bond donors (Lipinski definition) is 0. The summed E-state index contributed by atoms with van der Waals surface area (Å²) in [4.78, 5) is 15.5. The van der Waals surface area contributed by atoms with Gasteiger partial charge in [0.1, 0.15) is 23.3 Å². The van der Waals surface area contributed by atoms with Gasteiger partial charge in [0, 0.05) is 25.0 Å². The fourth-order valence-corrected chi connectivity index (χ4v) is 2.82. The number of nitrogens with zero attached hydrogens (tertiary/aromatic N) is 4. The van der Waals surface area contributed by atoms with E-state index in [9.17, 15) is 0 Å². The first-order valence-electron chi connectivity index (χ1n) is 8.09. The maximum Gasteiger partial charge on any atom is 0.201 e. The molecule has 0 bridgehead atoms. The summed E-state index contributed by atoms with van der Waals surface area (Å²) in [6, 6.07) is 16.1. The zero-order chi connectivity index (χ0) is 17.4. The molecule has 0 spiro atoms. The normalized spacial score (nSPS) is 12.0. The second kappa shape index (κ2) is 6.02. The first-order valence-corrected chi connectivity index (χ1v) is 8.09. The van der Waals surface area contributed by atoms with Crippen molar-refractivity contribution in [3.05, 3.63) is 66.0 Å². The molecule has 0 aliphatic carbocycles. The molecule has 0 amide bonds. The number of rotatable bonds is 2. The Morgan fingerprint density at radius 1 is 1.00 bits per heavy atom. The van der Waals surface area contributed by atoms with Crippen LogP contribution in [0.5, 0.6) is 0 Å². The Morgan fingerprint density at radius 3 is 2.52 bits per heavy atom. The zero-order valence-electron chi connectivity index (χ0n) is 14.4. The SMILES string of the molecule is Cc1ccc(C(=Nc2ncnc3c2oc2ccccc23)N(C)C)cc1. The molecule has 0 aliphatic heterocycles. The predicted molar refractivity (Wildman–Crippen MR) is 100 cm³/mol. The largest absolute Gasteiger partial charge is 0.450 e. The molecule has 5 nitrogen and oxygen atoms in total. The van der Waals surface area contributed by atoms with Gasteiger partial charge >= 0.3 is 0 Å². The predicted octanol–water partition coefficient (Wildman–Crippen LogP) is 4.32. The van der Waals surface area contributed by atoms with Crippen molar-refractivity contribution >= 4 is 33.7 Å². The monoisotopic (exact) mass is 330 g/mol. The van der Waals surface area contributed by atoms with Crippen molar-refractivity contribution in [2.45, 2.75) is 6.92 Å². The lowest BCUT2D eigenvalue weighted by Gasteiger charge is -2.16. The van der Waals surface area contributed by atoms with Crippen LogP contribution < -0.4 is 0 Å². The van der Waals surface area contributed by atoms with Crippen LogP contribution in [0.3, 0.4) is 0 Å². The van der Waals surface area contributed by atoms with Gasteiger partial charge in [0.05, 0.1) is 0 Å². The van der Waals surface area contributed by atoms with E-state index in [0.717, 1.165) is 27.9 Å².